The molecule has 1 atom stereocenters. The number of hydrogen-bond acceptors (Lipinski definition) is 6. The highest BCUT2D eigenvalue weighted by atomic mass is 16.6. The largest absolute Gasteiger partial charge is 0.457 e. The van der Waals surface area contributed by atoms with E-state index in [1.807, 2.05) is 56.3 Å². The molecule has 1 amide bonds. The van der Waals surface area contributed by atoms with Crippen molar-refractivity contribution >= 4 is 23.1 Å². The molecule has 3 aliphatic rings. The Morgan fingerprint density at radius 1 is 1.05 bits per heavy atom. The molecule has 2 aromatic heterocycles. The van der Waals surface area contributed by atoms with Crippen LogP contribution in [0.15, 0.2) is 48.8 Å². The van der Waals surface area contributed by atoms with Crippen molar-refractivity contribution in [3.8, 4) is 22.3 Å². The van der Waals surface area contributed by atoms with Crippen LogP contribution in [0.5, 0.6) is 0 Å². The number of rotatable bonds is 3. The molecule has 3 aliphatic heterocycles. The van der Waals surface area contributed by atoms with Crippen molar-refractivity contribution in [2.24, 2.45) is 0 Å². The van der Waals surface area contributed by atoms with Gasteiger partial charge in [-0.15, -0.1) is 0 Å². The van der Waals surface area contributed by atoms with Gasteiger partial charge in [-0.05, 0) is 86.1 Å². The number of aromatic nitrogens is 2. The van der Waals surface area contributed by atoms with Crippen molar-refractivity contribution in [3.05, 3.63) is 76.6 Å². The third kappa shape index (κ3) is 4.66. The Balaban J connectivity index is 1.30. The summed E-state index contributed by atoms with van der Waals surface area (Å²) in [6, 6.07) is 12.4. The quantitative estimate of drug-likeness (QED) is 0.284. The van der Waals surface area contributed by atoms with Gasteiger partial charge in [0.05, 0.1) is 24.8 Å². The first-order chi connectivity index (χ1) is 19.7. The Morgan fingerprint density at radius 3 is 2.78 bits per heavy atom. The number of carbonyl (C=O) groups is 2. The van der Waals surface area contributed by atoms with Crippen LogP contribution in [-0.2, 0) is 33.8 Å². The zero-order valence-corrected chi connectivity index (χ0v) is 23.6. The fourth-order valence-electron chi connectivity index (χ4n) is 6.29. The van der Waals surface area contributed by atoms with E-state index in [9.17, 15) is 9.59 Å². The molecule has 0 unspecified atom stereocenters. The molecular weight excluding hydrogens is 518 g/mol. The van der Waals surface area contributed by atoms with Crippen LogP contribution in [0, 0.1) is 0 Å². The highest BCUT2D eigenvalue weighted by Gasteiger charge is 2.35. The van der Waals surface area contributed by atoms with E-state index in [1.165, 1.54) is 11.1 Å². The second kappa shape index (κ2) is 9.73. The molecule has 0 saturated carbocycles. The molecule has 41 heavy (non-hydrogen) atoms. The standard InChI is InChI=1S/C33H33N3O5/c1-33(2,3)41-32(38)36-9-4-5-29(36)25-13-22(11-20-8-10-39-18-28(20)25)23-14-26-27(16-35-30(26)34-15-23)19-6-7-21-17-40-31(37)24(21)12-19/h6-7,11-16,29H,4-5,8-10,17-18H2,1-3H3,(H,34,35)/t29-/m0/s1. The SMILES string of the molecule is CC(C)(C)OC(=O)N1CCC[C@H]1c1cc(-c2cnc3[nH]cc(-c4ccc5c(c4)C(=O)OC5)c3c2)cc2c1COCC2. The highest BCUT2D eigenvalue weighted by Crippen LogP contribution is 2.41. The minimum Gasteiger partial charge on any atom is -0.457 e. The van der Waals surface area contributed by atoms with E-state index in [4.69, 9.17) is 19.2 Å². The van der Waals surface area contributed by atoms with Gasteiger partial charge >= 0.3 is 12.1 Å². The zero-order valence-electron chi connectivity index (χ0n) is 23.6. The average molecular weight is 552 g/mol. The summed E-state index contributed by atoms with van der Waals surface area (Å²) in [5, 5.41) is 0.979. The molecule has 1 fully saturated rings. The summed E-state index contributed by atoms with van der Waals surface area (Å²) in [7, 11) is 0. The summed E-state index contributed by atoms with van der Waals surface area (Å²) >= 11 is 0. The summed E-state index contributed by atoms with van der Waals surface area (Å²) in [5.74, 6) is -0.279. The van der Waals surface area contributed by atoms with Gasteiger partial charge in [-0.1, -0.05) is 18.2 Å². The number of carbonyl (C=O) groups excluding carboxylic acids is 2. The lowest BCUT2D eigenvalue weighted by Crippen LogP contribution is -2.36. The van der Waals surface area contributed by atoms with E-state index in [-0.39, 0.29) is 18.1 Å². The minimum atomic E-state index is -0.552. The maximum atomic E-state index is 13.2. The number of aromatic amines is 1. The molecule has 1 N–H and O–H groups in total. The van der Waals surface area contributed by atoms with Crippen LogP contribution in [0.1, 0.15) is 72.3 Å². The number of nitrogens with one attached hydrogen (secondary N) is 1. The first kappa shape index (κ1) is 25.8. The Bertz CT molecular complexity index is 1700. The monoisotopic (exact) mass is 551 g/mol. The summed E-state index contributed by atoms with van der Waals surface area (Å²) in [6.07, 6.45) is 6.21. The number of H-pyrrole nitrogens is 1. The van der Waals surface area contributed by atoms with Crippen LogP contribution in [0.4, 0.5) is 4.79 Å². The summed E-state index contributed by atoms with van der Waals surface area (Å²) < 4.78 is 16.9. The molecule has 5 heterocycles. The Labute approximate surface area is 238 Å². The zero-order chi connectivity index (χ0) is 28.3. The molecule has 0 radical (unpaired) electrons. The van der Waals surface area contributed by atoms with E-state index >= 15 is 0 Å². The number of esters is 1. The van der Waals surface area contributed by atoms with Crippen LogP contribution in [0.3, 0.4) is 0 Å². The number of ether oxygens (including phenoxy) is 3. The molecule has 0 aliphatic carbocycles. The number of hydrogen-bond donors (Lipinski definition) is 1. The van der Waals surface area contributed by atoms with Gasteiger partial charge in [0, 0.05) is 41.0 Å². The second-order valence-corrected chi connectivity index (χ2v) is 12.1. The predicted molar refractivity (Wildman–Crippen MR) is 154 cm³/mol. The van der Waals surface area contributed by atoms with Gasteiger partial charge in [-0.2, -0.15) is 0 Å². The first-order valence-electron chi connectivity index (χ1n) is 14.3. The highest BCUT2D eigenvalue weighted by molar-refractivity contribution is 5.99. The van der Waals surface area contributed by atoms with Gasteiger partial charge in [0.2, 0.25) is 0 Å². The first-order valence-corrected chi connectivity index (χ1v) is 14.3. The lowest BCUT2D eigenvalue weighted by Gasteiger charge is -2.31. The lowest BCUT2D eigenvalue weighted by molar-refractivity contribution is 0.0220. The van der Waals surface area contributed by atoms with Gasteiger partial charge in [-0.3, -0.25) is 0 Å². The van der Waals surface area contributed by atoms with Crippen LogP contribution < -0.4 is 0 Å². The molecular formula is C33H33N3O5. The number of cyclic esters (lactones) is 1. The number of fused-ring (bicyclic) bond motifs is 3. The van der Waals surface area contributed by atoms with Crippen molar-refractivity contribution in [1.29, 1.82) is 0 Å². The van der Waals surface area contributed by atoms with Gasteiger partial charge in [0.25, 0.3) is 0 Å². The molecule has 1 saturated heterocycles. The Kier molecular flexibility index (Phi) is 6.12. The number of likely N-dealkylation sites (tertiary alicyclic amines) is 1. The molecule has 0 spiro atoms. The van der Waals surface area contributed by atoms with Crippen LogP contribution in [-0.4, -0.2) is 45.7 Å². The van der Waals surface area contributed by atoms with E-state index in [1.54, 1.807) is 0 Å². The lowest BCUT2D eigenvalue weighted by atomic mass is 9.88. The van der Waals surface area contributed by atoms with Crippen LogP contribution in [0.25, 0.3) is 33.3 Å². The summed E-state index contributed by atoms with van der Waals surface area (Å²) in [6.45, 7) is 7.93. The van der Waals surface area contributed by atoms with Crippen molar-refractivity contribution < 1.29 is 23.8 Å². The summed E-state index contributed by atoms with van der Waals surface area (Å²) in [5.41, 5.74) is 9.32. The summed E-state index contributed by atoms with van der Waals surface area (Å²) in [4.78, 5) is 35.3. The van der Waals surface area contributed by atoms with Gasteiger partial charge in [0.15, 0.2) is 0 Å². The van der Waals surface area contributed by atoms with Crippen molar-refractivity contribution in [2.75, 3.05) is 13.2 Å². The van der Waals surface area contributed by atoms with Crippen LogP contribution >= 0.6 is 0 Å². The van der Waals surface area contributed by atoms with Crippen molar-refractivity contribution in [3.63, 3.8) is 0 Å². The molecule has 2 aromatic carbocycles. The number of amides is 1. The van der Waals surface area contributed by atoms with E-state index in [0.29, 0.717) is 31.9 Å². The molecule has 0 bridgehead atoms. The Hall–Kier alpha value is -4.17. The molecule has 210 valence electrons. The fourth-order valence-corrected chi connectivity index (χ4v) is 6.29. The number of nitrogens with zero attached hydrogens (tertiary/aromatic N) is 2. The minimum absolute atomic E-state index is 0.0640. The van der Waals surface area contributed by atoms with E-state index in [0.717, 1.165) is 63.7 Å². The third-order valence-corrected chi connectivity index (χ3v) is 8.24. The topological polar surface area (TPSA) is 93.8 Å². The normalized spacial score (nSPS) is 18.4. The molecule has 8 nitrogen and oxygen atoms in total. The van der Waals surface area contributed by atoms with E-state index < -0.39 is 5.60 Å². The van der Waals surface area contributed by atoms with Gasteiger partial charge in [-0.25, -0.2) is 14.6 Å². The molecule has 8 heteroatoms. The Morgan fingerprint density at radius 2 is 1.93 bits per heavy atom. The predicted octanol–water partition coefficient (Wildman–Crippen LogP) is 6.71. The maximum absolute atomic E-state index is 13.2. The molecule has 4 aromatic rings. The molecule has 7 rings (SSSR count). The number of pyridine rings is 1. The van der Waals surface area contributed by atoms with Gasteiger partial charge < -0.3 is 24.1 Å². The van der Waals surface area contributed by atoms with Crippen LogP contribution in [0.2, 0.25) is 0 Å². The third-order valence-electron chi connectivity index (χ3n) is 8.24. The smallest absolute Gasteiger partial charge is 0.410 e. The fraction of sp³-hybridized carbons (Fsp3) is 0.364. The van der Waals surface area contributed by atoms with Gasteiger partial charge in [0.1, 0.15) is 17.9 Å². The maximum Gasteiger partial charge on any atom is 0.410 e. The van der Waals surface area contributed by atoms with Crippen molar-refractivity contribution in [2.45, 2.75) is 64.9 Å². The number of benzene rings is 2. The average Bonchev–Trinajstić information content (AvgIpc) is 3.70. The van der Waals surface area contributed by atoms with Crippen molar-refractivity contribution in [1.82, 2.24) is 14.9 Å². The van der Waals surface area contributed by atoms with E-state index in [2.05, 4.69) is 23.2 Å². The second-order valence-electron chi connectivity index (χ2n) is 12.1.